The largest absolute Gasteiger partial charge is 0.354 e. The van der Waals surface area contributed by atoms with Gasteiger partial charge in [0.2, 0.25) is 21.8 Å². The van der Waals surface area contributed by atoms with Gasteiger partial charge in [0.05, 0.1) is 11.9 Å². The topological polar surface area (TPSA) is 86.8 Å². The number of aryl methyl sites for hydroxylation is 1. The van der Waals surface area contributed by atoms with E-state index >= 15 is 0 Å². The zero-order valence-electron chi connectivity index (χ0n) is 19.5. The van der Waals surface area contributed by atoms with Gasteiger partial charge < -0.3 is 10.2 Å². The lowest BCUT2D eigenvalue weighted by Crippen LogP contribution is -2.51. The Kier molecular flexibility index (Phi) is 9.91. The Hall–Kier alpha value is -2.39. The predicted octanol–water partition coefficient (Wildman–Crippen LogP) is 3.86. The first-order valence-corrected chi connectivity index (χ1v) is 13.5. The summed E-state index contributed by atoms with van der Waals surface area (Å²) in [5.41, 5.74) is 2.00. The lowest BCUT2D eigenvalue weighted by atomic mass is 10.1. The molecule has 0 aromatic heterocycles. The van der Waals surface area contributed by atoms with Crippen LogP contribution in [-0.4, -0.2) is 50.5 Å². The predicted molar refractivity (Wildman–Crippen MR) is 135 cm³/mol. The normalized spacial score (nSPS) is 12.2. The van der Waals surface area contributed by atoms with Crippen molar-refractivity contribution >= 4 is 43.5 Å². The Morgan fingerprint density at radius 3 is 2.42 bits per heavy atom. The molecule has 2 rings (SSSR count). The average molecular weight is 539 g/mol. The summed E-state index contributed by atoms with van der Waals surface area (Å²) in [6.45, 7) is 5.79. The number of carbonyl (C=O) groups is 2. The quantitative estimate of drug-likeness (QED) is 0.441. The highest BCUT2D eigenvalue weighted by atomic mass is 79.9. The van der Waals surface area contributed by atoms with Crippen molar-refractivity contribution in [1.82, 2.24) is 10.2 Å². The molecule has 0 aliphatic heterocycles. The van der Waals surface area contributed by atoms with E-state index in [9.17, 15) is 18.0 Å². The highest BCUT2D eigenvalue weighted by Crippen LogP contribution is 2.23. The summed E-state index contributed by atoms with van der Waals surface area (Å²) in [5, 5.41) is 2.87. The smallest absolute Gasteiger partial charge is 0.244 e. The van der Waals surface area contributed by atoms with Crippen LogP contribution in [0.15, 0.2) is 53.0 Å². The molecule has 2 amide bonds. The van der Waals surface area contributed by atoms with Crippen LogP contribution in [0.25, 0.3) is 0 Å². The molecule has 7 nitrogen and oxygen atoms in total. The van der Waals surface area contributed by atoms with E-state index in [4.69, 9.17) is 0 Å². The third-order valence-electron chi connectivity index (χ3n) is 5.30. The van der Waals surface area contributed by atoms with Crippen LogP contribution < -0.4 is 9.62 Å². The van der Waals surface area contributed by atoms with E-state index in [1.54, 1.807) is 32.0 Å². The SMILES string of the molecule is CCCCNC(=O)[C@@H](C)N(Cc1cccc(Br)c1)C(=O)CN(c1ccccc1C)S(C)(=O)=O. The van der Waals surface area contributed by atoms with Crippen LogP contribution in [0.1, 0.15) is 37.8 Å². The van der Waals surface area contributed by atoms with Gasteiger partial charge in [-0.2, -0.15) is 0 Å². The molecule has 1 N–H and O–H groups in total. The first kappa shape index (κ1) is 26.9. The molecule has 0 unspecified atom stereocenters. The number of nitrogens with zero attached hydrogens (tertiary/aromatic N) is 2. The van der Waals surface area contributed by atoms with E-state index in [2.05, 4.69) is 21.2 Å². The second-order valence-corrected chi connectivity index (χ2v) is 10.9. The number of benzene rings is 2. The van der Waals surface area contributed by atoms with Gasteiger partial charge in [0.15, 0.2) is 0 Å². The van der Waals surface area contributed by atoms with Crippen LogP contribution in [0.3, 0.4) is 0 Å². The van der Waals surface area contributed by atoms with Gasteiger partial charge in [-0.3, -0.25) is 13.9 Å². The molecule has 2 aromatic rings. The van der Waals surface area contributed by atoms with E-state index in [1.807, 2.05) is 37.3 Å². The molecule has 0 radical (unpaired) electrons. The van der Waals surface area contributed by atoms with Crippen molar-refractivity contribution < 1.29 is 18.0 Å². The van der Waals surface area contributed by atoms with Crippen molar-refractivity contribution in [3.05, 3.63) is 64.1 Å². The van der Waals surface area contributed by atoms with Gasteiger partial charge in [-0.15, -0.1) is 0 Å². The molecule has 0 saturated heterocycles. The van der Waals surface area contributed by atoms with Crippen molar-refractivity contribution in [2.75, 3.05) is 23.7 Å². The van der Waals surface area contributed by atoms with Crippen LogP contribution in [0, 0.1) is 6.92 Å². The lowest BCUT2D eigenvalue weighted by Gasteiger charge is -2.32. The van der Waals surface area contributed by atoms with Gasteiger partial charge in [-0.25, -0.2) is 8.42 Å². The van der Waals surface area contributed by atoms with E-state index < -0.39 is 28.5 Å². The van der Waals surface area contributed by atoms with Gasteiger partial charge in [-0.1, -0.05) is 59.6 Å². The van der Waals surface area contributed by atoms with Crippen LogP contribution in [-0.2, 0) is 26.2 Å². The lowest BCUT2D eigenvalue weighted by molar-refractivity contribution is -0.139. The zero-order chi connectivity index (χ0) is 24.6. The average Bonchev–Trinajstić information content (AvgIpc) is 2.75. The molecule has 9 heteroatoms. The molecular formula is C24H32BrN3O4S. The van der Waals surface area contributed by atoms with Crippen LogP contribution in [0.2, 0.25) is 0 Å². The fourth-order valence-electron chi connectivity index (χ4n) is 3.39. The maximum Gasteiger partial charge on any atom is 0.244 e. The monoisotopic (exact) mass is 537 g/mol. The molecule has 0 aliphatic rings. The molecule has 0 bridgehead atoms. The summed E-state index contributed by atoms with van der Waals surface area (Å²) >= 11 is 3.43. The number of unbranched alkanes of at least 4 members (excludes halogenated alkanes) is 1. The number of halogens is 1. The first-order chi connectivity index (χ1) is 15.5. The standard InChI is InChI=1S/C24H32BrN3O4S/c1-5-6-14-26-24(30)19(3)27(16-20-11-9-12-21(25)15-20)23(29)17-28(33(4,31)32)22-13-8-7-10-18(22)2/h7-13,15,19H,5-6,14,16-17H2,1-4H3,(H,26,30)/t19-/m1/s1. The van der Waals surface area contributed by atoms with E-state index in [-0.39, 0.29) is 12.5 Å². The summed E-state index contributed by atoms with van der Waals surface area (Å²) in [6.07, 6.45) is 2.86. The summed E-state index contributed by atoms with van der Waals surface area (Å²) < 4.78 is 27.1. The first-order valence-electron chi connectivity index (χ1n) is 10.9. The molecule has 1 atom stereocenters. The van der Waals surface area contributed by atoms with Crippen LogP contribution >= 0.6 is 15.9 Å². The van der Waals surface area contributed by atoms with Crippen molar-refractivity contribution in [2.24, 2.45) is 0 Å². The minimum absolute atomic E-state index is 0.173. The second kappa shape index (κ2) is 12.2. The third-order valence-corrected chi connectivity index (χ3v) is 6.92. The summed E-state index contributed by atoms with van der Waals surface area (Å²) in [7, 11) is -3.73. The van der Waals surface area contributed by atoms with Gasteiger partial charge in [0.1, 0.15) is 12.6 Å². The van der Waals surface area contributed by atoms with Crippen molar-refractivity contribution in [2.45, 2.75) is 46.2 Å². The van der Waals surface area contributed by atoms with Crippen molar-refractivity contribution in [3.8, 4) is 0 Å². The summed E-state index contributed by atoms with van der Waals surface area (Å²) in [6, 6.07) is 13.7. The van der Waals surface area contributed by atoms with Crippen molar-refractivity contribution in [3.63, 3.8) is 0 Å². The fourth-order valence-corrected chi connectivity index (χ4v) is 4.74. The Morgan fingerprint density at radius 2 is 1.82 bits per heavy atom. The summed E-state index contributed by atoms with van der Waals surface area (Å²) in [4.78, 5) is 27.7. The Morgan fingerprint density at radius 1 is 1.12 bits per heavy atom. The van der Waals surface area contributed by atoms with Crippen molar-refractivity contribution in [1.29, 1.82) is 0 Å². The molecule has 2 aromatic carbocycles. The van der Waals surface area contributed by atoms with Gasteiger partial charge in [0, 0.05) is 17.6 Å². The number of sulfonamides is 1. The molecule has 0 saturated carbocycles. The van der Waals surface area contributed by atoms with Gasteiger partial charge >= 0.3 is 0 Å². The number of anilines is 1. The van der Waals surface area contributed by atoms with Crippen LogP contribution in [0.4, 0.5) is 5.69 Å². The maximum absolute atomic E-state index is 13.5. The molecule has 0 spiro atoms. The van der Waals surface area contributed by atoms with E-state index in [0.717, 1.165) is 39.0 Å². The number of nitrogens with one attached hydrogen (secondary N) is 1. The fraction of sp³-hybridized carbons (Fsp3) is 0.417. The minimum atomic E-state index is -3.73. The molecule has 0 heterocycles. The Labute approximate surface area is 205 Å². The minimum Gasteiger partial charge on any atom is -0.354 e. The Balaban J connectivity index is 2.36. The van der Waals surface area contributed by atoms with E-state index in [0.29, 0.717) is 12.2 Å². The number of hydrogen-bond acceptors (Lipinski definition) is 4. The molecule has 0 fully saturated rings. The van der Waals surface area contributed by atoms with Gasteiger partial charge in [0.25, 0.3) is 0 Å². The second-order valence-electron chi connectivity index (χ2n) is 8.03. The number of para-hydroxylation sites is 1. The Bertz CT molecular complexity index is 1070. The number of amides is 2. The highest BCUT2D eigenvalue weighted by molar-refractivity contribution is 9.10. The molecule has 0 aliphatic carbocycles. The highest BCUT2D eigenvalue weighted by Gasteiger charge is 2.30. The number of carbonyl (C=O) groups excluding carboxylic acids is 2. The number of hydrogen-bond donors (Lipinski definition) is 1. The third kappa shape index (κ3) is 7.85. The molecule has 33 heavy (non-hydrogen) atoms. The van der Waals surface area contributed by atoms with Gasteiger partial charge in [-0.05, 0) is 49.6 Å². The molecular weight excluding hydrogens is 506 g/mol. The van der Waals surface area contributed by atoms with E-state index in [1.165, 1.54) is 4.90 Å². The number of rotatable bonds is 11. The van der Waals surface area contributed by atoms with Crippen LogP contribution in [0.5, 0.6) is 0 Å². The zero-order valence-corrected chi connectivity index (χ0v) is 21.9. The summed E-state index contributed by atoms with van der Waals surface area (Å²) in [5.74, 6) is -0.726. The molecule has 180 valence electrons. The maximum atomic E-state index is 13.5.